The Labute approximate surface area is 168 Å². The predicted octanol–water partition coefficient (Wildman–Crippen LogP) is 4.41. The highest BCUT2D eigenvalue weighted by atomic mass is 16.2. The third-order valence-electron chi connectivity index (χ3n) is 6.38. The molecular weight excluding hydrogens is 346 g/mol. The van der Waals surface area contributed by atoms with Gasteiger partial charge in [0.2, 0.25) is 0 Å². The first-order valence-corrected chi connectivity index (χ1v) is 10.7. The van der Waals surface area contributed by atoms with Crippen molar-refractivity contribution in [2.24, 2.45) is 11.8 Å². The van der Waals surface area contributed by atoms with Crippen LogP contribution in [0.3, 0.4) is 0 Å². The maximum Gasteiger partial charge on any atom is 0.272 e. The molecule has 1 amide bonds. The van der Waals surface area contributed by atoms with Crippen LogP contribution in [0.1, 0.15) is 48.7 Å². The Morgan fingerprint density at radius 3 is 2.32 bits per heavy atom. The van der Waals surface area contributed by atoms with Gasteiger partial charge in [-0.1, -0.05) is 37.3 Å². The minimum absolute atomic E-state index is 0.0805. The lowest BCUT2D eigenvalue weighted by atomic mass is 9.90. The van der Waals surface area contributed by atoms with Gasteiger partial charge in [-0.15, -0.1) is 0 Å². The first-order chi connectivity index (χ1) is 13.7. The van der Waals surface area contributed by atoms with Crippen LogP contribution in [0.25, 0.3) is 0 Å². The van der Waals surface area contributed by atoms with Crippen LogP contribution in [-0.4, -0.2) is 42.0 Å². The van der Waals surface area contributed by atoms with Gasteiger partial charge < -0.3 is 9.80 Å². The smallest absolute Gasteiger partial charge is 0.272 e. The number of benzene rings is 1. The van der Waals surface area contributed by atoms with E-state index < -0.39 is 0 Å². The van der Waals surface area contributed by atoms with E-state index >= 15 is 0 Å². The lowest BCUT2D eigenvalue weighted by Crippen LogP contribution is -2.39. The quantitative estimate of drug-likeness (QED) is 0.792. The SMILES string of the molecule is CC1CCN(c2ccc(C(=O)N3CCC(Cc4ccccc4)CC3)nc2)CC1. The second kappa shape index (κ2) is 8.76. The summed E-state index contributed by atoms with van der Waals surface area (Å²) in [5.41, 5.74) is 3.12. The molecule has 2 fully saturated rings. The Balaban J connectivity index is 1.30. The molecule has 0 saturated carbocycles. The number of hydrogen-bond donors (Lipinski definition) is 0. The van der Waals surface area contributed by atoms with Gasteiger partial charge in [0.05, 0.1) is 11.9 Å². The standard InChI is InChI=1S/C24H31N3O/c1-19-9-13-26(14-10-19)22-7-8-23(25-18-22)24(28)27-15-11-21(12-16-27)17-20-5-3-2-4-6-20/h2-8,18-19,21H,9-17H2,1H3. The monoisotopic (exact) mass is 377 g/mol. The van der Waals surface area contributed by atoms with Crippen LogP contribution in [0.5, 0.6) is 0 Å². The van der Waals surface area contributed by atoms with E-state index in [1.54, 1.807) is 0 Å². The number of piperidine rings is 2. The average molecular weight is 378 g/mol. The highest BCUT2D eigenvalue weighted by molar-refractivity contribution is 5.92. The Hall–Kier alpha value is -2.36. The molecule has 1 aromatic carbocycles. The fraction of sp³-hybridized carbons (Fsp3) is 0.500. The minimum atomic E-state index is 0.0805. The van der Waals surface area contributed by atoms with E-state index in [9.17, 15) is 4.79 Å². The van der Waals surface area contributed by atoms with Gasteiger partial charge in [-0.05, 0) is 61.6 Å². The molecule has 2 aliphatic heterocycles. The number of hydrogen-bond acceptors (Lipinski definition) is 3. The molecule has 0 spiro atoms. The molecule has 0 aliphatic carbocycles. The number of carbonyl (C=O) groups is 1. The normalized spacial score (nSPS) is 19.0. The Morgan fingerprint density at radius 1 is 0.964 bits per heavy atom. The van der Waals surface area contributed by atoms with Gasteiger partial charge >= 0.3 is 0 Å². The van der Waals surface area contributed by atoms with E-state index in [0.717, 1.165) is 57.0 Å². The van der Waals surface area contributed by atoms with Crippen LogP contribution in [-0.2, 0) is 6.42 Å². The second-order valence-electron chi connectivity index (χ2n) is 8.50. The van der Waals surface area contributed by atoms with Crippen molar-refractivity contribution in [3.8, 4) is 0 Å². The van der Waals surface area contributed by atoms with Crippen LogP contribution in [0.15, 0.2) is 48.7 Å². The molecule has 2 aliphatic rings. The molecular formula is C24H31N3O. The molecule has 0 atom stereocenters. The van der Waals surface area contributed by atoms with Crippen LogP contribution < -0.4 is 4.90 Å². The highest BCUT2D eigenvalue weighted by Gasteiger charge is 2.25. The molecule has 28 heavy (non-hydrogen) atoms. The molecule has 0 unspecified atom stereocenters. The summed E-state index contributed by atoms with van der Waals surface area (Å²) < 4.78 is 0. The molecule has 0 radical (unpaired) electrons. The zero-order chi connectivity index (χ0) is 19.3. The third-order valence-corrected chi connectivity index (χ3v) is 6.38. The fourth-order valence-electron chi connectivity index (χ4n) is 4.42. The van der Waals surface area contributed by atoms with Crippen LogP contribution in [0.4, 0.5) is 5.69 Å². The van der Waals surface area contributed by atoms with Gasteiger partial charge in [-0.3, -0.25) is 4.79 Å². The maximum absolute atomic E-state index is 12.8. The van der Waals surface area contributed by atoms with E-state index in [-0.39, 0.29) is 5.91 Å². The van der Waals surface area contributed by atoms with Crippen molar-refractivity contribution in [2.75, 3.05) is 31.1 Å². The van der Waals surface area contributed by atoms with Gasteiger partial charge in [-0.2, -0.15) is 0 Å². The van der Waals surface area contributed by atoms with Crippen molar-refractivity contribution in [3.63, 3.8) is 0 Å². The zero-order valence-electron chi connectivity index (χ0n) is 16.9. The van der Waals surface area contributed by atoms with Crippen molar-refractivity contribution in [2.45, 2.75) is 39.0 Å². The number of rotatable bonds is 4. The molecule has 148 valence electrons. The van der Waals surface area contributed by atoms with Gasteiger partial charge in [0, 0.05) is 26.2 Å². The van der Waals surface area contributed by atoms with E-state index in [0.29, 0.717) is 11.6 Å². The first kappa shape index (κ1) is 19.0. The minimum Gasteiger partial charge on any atom is -0.370 e. The molecule has 3 heterocycles. The molecule has 2 aromatic rings. The summed E-state index contributed by atoms with van der Waals surface area (Å²) in [6, 6.07) is 14.7. The summed E-state index contributed by atoms with van der Waals surface area (Å²) in [4.78, 5) is 21.7. The molecule has 0 N–H and O–H groups in total. The van der Waals surface area contributed by atoms with Crippen LogP contribution >= 0.6 is 0 Å². The number of nitrogens with zero attached hydrogens (tertiary/aromatic N) is 3. The zero-order valence-corrected chi connectivity index (χ0v) is 16.9. The van der Waals surface area contributed by atoms with Crippen molar-refractivity contribution in [1.29, 1.82) is 0 Å². The lowest BCUT2D eigenvalue weighted by Gasteiger charge is -2.33. The summed E-state index contributed by atoms with van der Waals surface area (Å²) in [7, 11) is 0. The van der Waals surface area contributed by atoms with Gasteiger partial charge in [0.15, 0.2) is 0 Å². The summed E-state index contributed by atoms with van der Waals surface area (Å²) in [5.74, 6) is 1.56. The van der Waals surface area contributed by atoms with Crippen molar-refractivity contribution in [3.05, 3.63) is 59.9 Å². The summed E-state index contributed by atoms with van der Waals surface area (Å²) in [6.07, 6.45) is 7.61. The highest BCUT2D eigenvalue weighted by Crippen LogP contribution is 2.24. The summed E-state index contributed by atoms with van der Waals surface area (Å²) in [6.45, 7) is 6.17. The van der Waals surface area contributed by atoms with Gasteiger partial charge in [-0.25, -0.2) is 4.98 Å². The number of likely N-dealkylation sites (tertiary alicyclic amines) is 1. The van der Waals surface area contributed by atoms with E-state index in [2.05, 4.69) is 53.2 Å². The number of aromatic nitrogens is 1. The van der Waals surface area contributed by atoms with Crippen molar-refractivity contribution >= 4 is 11.6 Å². The number of anilines is 1. The lowest BCUT2D eigenvalue weighted by molar-refractivity contribution is 0.0684. The number of carbonyl (C=O) groups excluding carboxylic acids is 1. The van der Waals surface area contributed by atoms with E-state index in [1.165, 1.54) is 18.4 Å². The first-order valence-electron chi connectivity index (χ1n) is 10.7. The number of pyridine rings is 1. The van der Waals surface area contributed by atoms with Crippen LogP contribution in [0, 0.1) is 11.8 Å². The second-order valence-corrected chi connectivity index (χ2v) is 8.50. The molecule has 4 nitrogen and oxygen atoms in total. The third kappa shape index (κ3) is 4.54. The Kier molecular flexibility index (Phi) is 5.94. The van der Waals surface area contributed by atoms with Gasteiger partial charge in [0.1, 0.15) is 5.69 Å². The molecule has 1 aromatic heterocycles. The summed E-state index contributed by atoms with van der Waals surface area (Å²) in [5, 5.41) is 0. The van der Waals surface area contributed by atoms with Crippen molar-refractivity contribution in [1.82, 2.24) is 9.88 Å². The topological polar surface area (TPSA) is 36.4 Å². The maximum atomic E-state index is 12.8. The predicted molar refractivity (Wildman–Crippen MR) is 114 cm³/mol. The molecule has 0 bridgehead atoms. The molecule has 4 heteroatoms. The summed E-state index contributed by atoms with van der Waals surface area (Å²) >= 11 is 0. The van der Waals surface area contributed by atoms with Crippen LogP contribution in [0.2, 0.25) is 0 Å². The molecule has 4 rings (SSSR count). The fourth-order valence-corrected chi connectivity index (χ4v) is 4.42. The van der Waals surface area contributed by atoms with Gasteiger partial charge in [0.25, 0.3) is 5.91 Å². The van der Waals surface area contributed by atoms with E-state index in [4.69, 9.17) is 0 Å². The molecule has 2 saturated heterocycles. The largest absolute Gasteiger partial charge is 0.370 e. The Morgan fingerprint density at radius 2 is 1.68 bits per heavy atom. The average Bonchev–Trinajstić information content (AvgIpc) is 2.75. The van der Waals surface area contributed by atoms with E-state index in [1.807, 2.05) is 17.2 Å². The Bertz CT molecular complexity index is 758. The van der Waals surface area contributed by atoms with Crippen molar-refractivity contribution < 1.29 is 4.79 Å². The number of amides is 1.